The largest absolute Gasteiger partial charge is 0.295 e. The lowest BCUT2D eigenvalue weighted by Crippen LogP contribution is -2.22. The Bertz CT molecular complexity index is 1730. The highest BCUT2D eigenvalue weighted by Crippen LogP contribution is 2.24. The molecule has 0 saturated heterocycles. The second-order valence-electron chi connectivity index (χ2n) is 7.04. The molecule has 0 radical (unpaired) electrons. The molecule has 158 valence electrons. The van der Waals surface area contributed by atoms with Gasteiger partial charge in [0.25, 0.3) is 11.1 Å². The predicted octanol–water partition coefficient (Wildman–Crippen LogP) is 2.76. The fraction of sp³-hybridized carbons (Fsp3) is 0.0435. The summed E-state index contributed by atoms with van der Waals surface area (Å²) < 4.78 is 2.68. The van der Waals surface area contributed by atoms with E-state index in [4.69, 9.17) is 5.26 Å². The number of hydrogen-bond acceptors (Lipinski definition) is 7. The molecule has 10 heteroatoms. The molecule has 9 nitrogen and oxygen atoms in total. The van der Waals surface area contributed by atoms with E-state index in [0.29, 0.717) is 33.0 Å². The van der Waals surface area contributed by atoms with Gasteiger partial charge < -0.3 is 0 Å². The van der Waals surface area contributed by atoms with Crippen LogP contribution in [0.3, 0.4) is 0 Å². The minimum absolute atomic E-state index is 0.242. The van der Waals surface area contributed by atoms with Crippen molar-refractivity contribution in [3.05, 3.63) is 98.3 Å². The van der Waals surface area contributed by atoms with Crippen LogP contribution in [0.1, 0.15) is 16.8 Å². The van der Waals surface area contributed by atoms with E-state index < -0.39 is 0 Å². The molecule has 0 aliphatic carbocycles. The summed E-state index contributed by atoms with van der Waals surface area (Å²) in [6.07, 6.45) is 1.42. The zero-order valence-corrected chi connectivity index (χ0v) is 17.7. The van der Waals surface area contributed by atoms with Crippen LogP contribution in [-0.2, 0) is 5.75 Å². The third-order valence-corrected chi connectivity index (χ3v) is 5.99. The average Bonchev–Trinajstić information content (AvgIpc) is 3.27. The molecule has 3 aromatic heterocycles. The Morgan fingerprint density at radius 2 is 1.79 bits per heavy atom. The molecular formula is C23H13N7O2S. The highest BCUT2D eigenvalue weighted by atomic mass is 32.2. The molecule has 0 aliphatic rings. The van der Waals surface area contributed by atoms with Gasteiger partial charge >= 0.3 is 0 Å². The average molecular weight is 451 g/mol. The maximum atomic E-state index is 13.3. The summed E-state index contributed by atoms with van der Waals surface area (Å²) in [4.78, 5) is 34.8. The van der Waals surface area contributed by atoms with Crippen molar-refractivity contribution in [3.8, 4) is 17.8 Å². The second kappa shape index (κ2) is 8.11. The van der Waals surface area contributed by atoms with Gasteiger partial charge in [-0.15, -0.1) is 0 Å². The topological polar surface area (TPSA) is 133 Å². The number of fused-ring (bicyclic) bond motifs is 2. The maximum absolute atomic E-state index is 13.3. The minimum atomic E-state index is -0.340. The van der Waals surface area contributed by atoms with E-state index in [2.05, 4.69) is 21.1 Å². The van der Waals surface area contributed by atoms with E-state index in [1.54, 1.807) is 48.5 Å². The summed E-state index contributed by atoms with van der Waals surface area (Å²) in [5, 5.41) is 21.9. The van der Waals surface area contributed by atoms with Crippen molar-refractivity contribution in [3.63, 3.8) is 0 Å². The van der Waals surface area contributed by atoms with Crippen LogP contribution in [0.15, 0.2) is 75.5 Å². The maximum Gasteiger partial charge on any atom is 0.272 e. The number of nitrogens with one attached hydrogen (secondary N) is 1. The summed E-state index contributed by atoms with van der Waals surface area (Å²) >= 11 is 1.25. The lowest BCUT2D eigenvalue weighted by molar-refractivity contribution is 0.818. The van der Waals surface area contributed by atoms with Crippen molar-refractivity contribution in [2.24, 2.45) is 0 Å². The van der Waals surface area contributed by atoms with Gasteiger partial charge in [0.2, 0.25) is 0 Å². The lowest BCUT2D eigenvalue weighted by Gasteiger charge is -2.13. The summed E-state index contributed by atoms with van der Waals surface area (Å²) in [5.74, 6) is 0.253. The first kappa shape index (κ1) is 20.2. The number of nitriles is 2. The Balaban J connectivity index is 1.61. The second-order valence-corrected chi connectivity index (χ2v) is 7.99. The van der Waals surface area contributed by atoms with Gasteiger partial charge in [-0.25, -0.2) is 14.5 Å². The first-order valence-electron chi connectivity index (χ1n) is 9.74. The Kier molecular flexibility index (Phi) is 4.98. The molecule has 0 saturated carbocycles. The molecular weight excluding hydrogens is 438 g/mol. The van der Waals surface area contributed by atoms with Gasteiger partial charge in [-0.3, -0.25) is 19.3 Å². The van der Waals surface area contributed by atoms with Crippen LogP contribution in [0.25, 0.3) is 22.2 Å². The molecule has 0 aliphatic heterocycles. The Morgan fingerprint density at radius 1 is 1.00 bits per heavy atom. The quantitative estimate of drug-likeness (QED) is 0.328. The van der Waals surface area contributed by atoms with Crippen LogP contribution in [0.4, 0.5) is 0 Å². The van der Waals surface area contributed by atoms with E-state index in [1.165, 1.54) is 33.1 Å². The molecule has 0 atom stereocenters. The van der Waals surface area contributed by atoms with Gasteiger partial charge in [0.1, 0.15) is 11.6 Å². The van der Waals surface area contributed by atoms with Crippen molar-refractivity contribution in [2.45, 2.75) is 10.9 Å². The molecule has 33 heavy (non-hydrogen) atoms. The molecule has 5 aromatic rings. The van der Waals surface area contributed by atoms with Crippen molar-refractivity contribution in [2.75, 3.05) is 0 Å². The number of aromatic nitrogens is 5. The minimum Gasteiger partial charge on any atom is -0.295 e. The van der Waals surface area contributed by atoms with Crippen LogP contribution >= 0.6 is 11.8 Å². The SMILES string of the molecule is N#Cc1ccc(-n2c(SCc3cc(=O)n4[nH]cc(C#N)c4n3)nc3ccccc3c2=O)cc1. The normalized spacial score (nSPS) is 10.8. The smallest absolute Gasteiger partial charge is 0.272 e. The molecule has 0 spiro atoms. The zero-order valence-electron chi connectivity index (χ0n) is 16.9. The van der Waals surface area contributed by atoms with Gasteiger partial charge in [-0.2, -0.15) is 10.5 Å². The predicted molar refractivity (Wildman–Crippen MR) is 122 cm³/mol. The van der Waals surface area contributed by atoms with E-state index in [-0.39, 0.29) is 28.1 Å². The van der Waals surface area contributed by atoms with Gasteiger partial charge in [0.15, 0.2) is 10.8 Å². The van der Waals surface area contributed by atoms with Crippen LogP contribution in [0.2, 0.25) is 0 Å². The van der Waals surface area contributed by atoms with Gasteiger partial charge in [0.05, 0.1) is 33.9 Å². The van der Waals surface area contributed by atoms with Crippen molar-refractivity contribution in [1.82, 2.24) is 24.1 Å². The highest BCUT2D eigenvalue weighted by molar-refractivity contribution is 7.98. The van der Waals surface area contributed by atoms with Gasteiger partial charge in [-0.1, -0.05) is 23.9 Å². The van der Waals surface area contributed by atoms with Crippen LogP contribution in [-0.4, -0.2) is 24.1 Å². The first-order valence-corrected chi connectivity index (χ1v) is 10.7. The number of rotatable bonds is 4. The van der Waals surface area contributed by atoms with Crippen molar-refractivity contribution in [1.29, 1.82) is 10.5 Å². The van der Waals surface area contributed by atoms with Gasteiger partial charge in [-0.05, 0) is 36.4 Å². The summed E-state index contributed by atoms with van der Waals surface area (Å²) in [7, 11) is 0. The number of H-pyrrole nitrogens is 1. The summed E-state index contributed by atoms with van der Waals surface area (Å²) in [6, 6.07) is 19.2. The van der Waals surface area contributed by atoms with Crippen molar-refractivity contribution < 1.29 is 0 Å². The Hall–Kier alpha value is -4.67. The molecule has 0 amide bonds. The molecule has 0 unspecified atom stereocenters. The first-order chi connectivity index (χ1) is 16.1. The Labute approximate surface area is 190 Å². The lowest BCUT2D eigenvalue weighted by atomic mass is 10.2. The number of thioether (sulfide) groups is 1. The summed E-state index contributed by atoms with van der Waals surface area (Å²) in [5.41, 5.74) is 1.98. The fourth-order valence-corrected chi connectivity index (χ4v) is 4.35. The van der Waals surface area contributed by atoms with Crippen LogP contribution < -0.4 is 11.1 Å². The van der Waals surface area contributed by atoms with Gasteiger partial charge in [0, 0.05) is 18.0 Å². The molecule has 1 N–H and O–H groups in total. The third kappa shape index (κ3) is 3.55. The fourth-order valence-electron chi connectivity index (χ4n) is 3.45. The Morgan fingerprint density at radius 3 is 2.55 bits per heavy atom. The molecule has 3 heterocycles. The number of aromatic amines is 1. The third-order valence-electron chi connectivity index (χ3n) is 5.02. The van der Waals surface area contributed by atoms with E-state index >= 15 is 0 Å². The monoisotopic (exact) mass is 451 g/mol. The van der Waals surface area contributed by atoms with Crippen molar-refractivity contribution >= 4 is 28.3 Å². The highest BCUT2D eigenvalue weighted by Gasteiger charge is 2.15. The molecule has 2 aromatic carbocycles. The standard InChI is InChI=1S/C23H13N7O2S/c24-10-14-5-7-17(8-6-14)29-22(32)18-3-1-2-4-19(18)28-23(29)33-13-16-9-20(31)30-21(27-16)15(11-25)12-26-30/h1-9,12,26H,13H2. The molecule has 0 fully saturated rings. The number of benzene rings is 2. The van der Waals surface area contributed by atoms with E-state index in [1.807, 2.05) is 6.07 Å². The molecule has 0 bridgehead atoms. The summed E-state index contributed by atoms with van der Waals surface area (Å²) in [6.45, 7) is 0. The number of hydrogen-bond donors (Lipinski definition) is 1. The zero-order chi connectivity index (χ0) is 22.9. The van der Waals surface area contributed by atoms with E-state index in [0.717, 1.165) is 0 Å². The molecule has 5 rings (SSSR count). The number of para-hydroxylation sites is 1. The number of nitrogens with zero attached hydrogens (tertiary/aromatic N) is 6. The van der Waals surface area contributed by atoms with E-state index in [9.17, 15) is 14.9 Å². The van der Waals surface area contributed by atoms with Crippen LogP contribution in [0, 0.1) is 22.7 Å². The van der Waals surface area contributed by atoms with Crippen LogP contribution in [0.5, 0.6) is 0 Å².